The predicted octanol–water partition coefficient (Wildman–Crippen LogP) is 4.29. The molecule has 1 N–H and O–H groups in total. The zero-order valence-electron chi connectivity index (χ0n) is 10.5. The highest BCUT2D eigenvalue weighted by atomic mass is 19.4. The molecule has 0 aliphatic rings. The largest absolute Gasteiger partial charge is 0.544 e. The highest BCUT2D eigenvalue weighted by Gasteiger charge is 2.36. The number of halogens is 3. The zero-order chi connectivity index (χ0) is 15.5. The van der Waals surface area contributed by atoms with Crippen molar-refractivity contribution in [2.45, 2.75) is 6.36 Å². The van der Waals surface area contributed by atoms with Crippen molar-refractivity contribution in [2.75, 3.05) is 5.06 Å². The van der Waals surface area contributed by atoms with E-state index in [2.05, 4.69) is 4.84 Å². The molecule has 0 aliphatic heterocycles. The van der Waals surface area contributed by atoms with E-state index in [0.717, 1.165) is 11.1 Å². The standard InChI is InChI=1S/C14H10F3NO3/c15-14(16,17)21-18(13(19)20)12-8-6-11(7-9-12)10-4-2-1-3-5-10/h1-9H,(H,19,20). The number of carboxylic acid groups (broad SMARTS) is 1. The second kappa shape index (κ2) is 5.84. The maximum absolute atomic E-state index is 12.2. The Morgan fingerprint density at radius 1 is 0.952 bits per heavy atom. The Hall–Kier alpha value is -2.54. The Morgan fingerprint density at radius 2 is 1.48 bits per heavy atom. The summed E-state index contributed by atoms with van der Waals surface area (Å²) in [5, 5.41) is 8.55. The predicted molar refractivity (Wildman–Crippen MR) is 69.5 cm³/mol. The van der Waals surface area contributed by atoms with E-state index >= 15 is 0 Å². The van der Waals surface area contributed by atoms with Gasteiger partial charge in [0.05, 0.1) is 5.69 Å². The molecule has 0 atom stereocenters. The third kappa shape index (κ3) is 3.96. The van der Waals surface area contributed by atoms with Gasteiger partial charge >= 0.3 is 12.5 Å². The molecule has 2 rings (SSSR count). The number of hydroxylamine groups is 1. The van der Waals surface area contributed by atoms with E-state index in [-0.39, 0.29) is 10.8 Å². The SMILES string of the molecule is O=C(O)N(OC(F)(F)F)c1ccc(-c2ccccc2)cc1. The number of benzene rings is 2. The molecule has 7 heteroatoms. The van der Waals surface area contributed by atoms with Crippen molar-refractivity contribution in [3.8, 4) is 11.1 Å². The maximum Gasteiger partial charge on any atom is 0.544 e. The molecule has 0 spiro atoms. The summed E-state index contributed by atoms with van der Waals surface area (Å²) < 4.78 is 36.5. The number of anilines is 1. The van der Waals surface area contributed by atoms with E-state index in [1.54, 1.807) is 0 Å². The third-order valence-electron chi connectivity index (χ3n) is 2.58. The summed E-state index contributed by atoms with van der Waals surface area (Å²) in [6.07, 6.45) is -6.95. The van der Waals surface area contributed by atoms with Crippen LogP contribution in [0, 0.1) is 0 Å². The van der Waals surface area contributed by atoms with Gasteiger partial charge in [-0.25, -0.2) is 4.79 Å². The monoisotopic (exact) mass is 297 g/mol. The highest BCUT2D eigenvalue weighted by Crippen LogP contribution is 2.26. The van der Waals surface area contributed by atoms with Crippen LogP contribution in [0.3, 0.4) is 0 Å². The fraction of sp³-hybridized carbons (Fsp3) is 0.0714. The van der Waals surface area contributed by atoms with Crippen LogP contribution in [0.4, 0.5) is 23.7 Å². The zero-order valence-corrected chi connectivity index (χ0v) is 10.5. The first-order valence-electron chi connectivity index (χ1n) is 5.81. The lowest BCUT2D eigenvalue weighted by atomic mass is 10.1. The third-order valence-corrected chi connectivity index (χ3v) is 2.58. The molecule has 0 aromatic heterocycles. The van der Waals surface area contributed by atoms with Crippen molar-refractivity contribution < 1.29 is 27.9 Å². The molecule has 0 radical (unpaired) electrons. The summed E-state index contributed by atoms with van der Waals surface area (Å²) in [4.78, 5) is 14.3. The van der Waals surface area contributed by atoms with Gasteiger partial charge in [0.2, 0.25) is 0 Å². The molecule has 0 saturated carbocycles. The van der Waals surface area contributed by atoms with Crippen molar-refractivity contribution in [1.82, 2.24) is 0 Å². The molecule has 0 saturated heterocycles. The summed E-state index contributed by atoms with van der Waals surface area (Å²) in [6, 6.07) is 14.6. The second-order valence-corrected chi connectivity index (χ2v) is 4.03. The molecule has 2 aromatic rings. The molecule has 0 heterocycles. The van der Waals surface area contributed by atoms with Crippen molar-refractivity contribution in [3.63, 3.8) is 0 Å². The van der Waals surface area contributed by atoms with Gasteiger partial charge in [-0.3, -0.25) is 0 Å². The molecular formula is C14H10F3NO3. The van der Waals surface area contributed by atoms with Crippen LogP contribution in [0.2, 0.25) is 0 Å². The fourth-order valence-corrected chi connectivity index (χ4v) is 1.73. The van der Waals surface area contributed by atoms with Crippen LogP contribution in [0.1, 0.15) is 0 Å². The quantitative estimate of drug-likeness (QED) is 0.860. The molecule has 0 unspecified atom stereocenters. The number of amides is 1. The van der Waals surface area contributed by atoms with Crippen LogP contribution in [-0.2, 0) is 4.84 Å². The van der Waals surface area contributed by atoms with Crippen LogP contribution >= 0.6 is 0 Å². The van der Waals surface area contributed by atoms with Gasteiger partial charge in [-0.15, -0.1) is 18.2 Å². The van der Waals surface area contributed by atoms with Crippen LogP contribution in [-0.4, -0.2) is 17.6 Å². The first-order valence-corrected chi connectivity index (χ1v) is 5.81. The van der Waals surface area contributed by atoms with Crippen LogP contribution in [0.15, 0.2) is 54.6 Å². The second-order valence-electron chi connectivity index (χ2n) is 4.03. The van der Waals surface area contributed by atoms with Gasteiger partial charge in [0.15, 0.2) is 0 Å². The maximum atomic E-state index is 12.2. The number of rotatable bonds is 3. The van der Waals surface area contributed by atoms with Crippen molar-refractivity contribution in [2.24, 2.45) is 0 Å². The van der Waals surface area contributed by atoms with Gasteiger partial charge in [-0.2, -0.15) is 4.84 Å². The van der Waals surface area contributed by atoms with Crippen LogP contribution in [0.5, 0.6) is 0 Å². The molecule has 21 heavy (non-hydrogen) atoms. The Balaban J connectivity index is 2.26. The molecule has 2 aromatic carbocycles. The number of hydrogen-bond acceptors (Lipinski definition) is 2. The highest BCUT2D eigenvalue weighted by molar-refractivity contribution is 5.84. The summed E-state index contributed by atoms with van der Waals surface area (Å²) in [5.74, 6) is 0. The van der Waals surface area contributed by atoms with E-state index in [9.17, 15) is 18.0 Å². The number of nitrogens with zero attached hydrogens (tertiary/aromatic N) is 1. The summed E-state index contributed by atoms with van der Waals surface area (Å²) in [7, 11) is 0. The first-order chi connectivity index (χ1) is 9.87. The molecular weight excluding hydrogens is 287 g/mol. The molecule has 1 amide bonds. The summed E-state index contributed by atoms with van der Waals surface area (Å²) in [5.41, 5.74) is 1.37. The van der Waals surface area contributed by atoms with Crippen molar-refractivity contribution in [3.05, 3.63) is 54.6 Å². The smallest absolute Gasteiger partial charge is 0.463 e. The lowest BCUT2D eigenvalue weighted by molar-refractivity contribution is -0.326. The average Bonchev–Trinajstić information content (AvgIpc) is 2.45. The normalized spacial score (nSPS) is 11.2. The van der Waals surface area contributed by atoms with Gasteiger partial charge < -0.3 is 5.11 Å². The van der Waals surface area contributed by atoms with E-state index in [0.29, 0.717) is 0 Å². The first kappa shape index (κ1) is 14.9. The lowest BCUT2D eigenvalue weighted by Crippen LogP contribution is -2.35. The molecule has 0 fully saturated rings. The van der Waals surface area contributed by atoms with Gasteiger partial charge in [0.1, 0.15) is 0 Å². The topological polar surface area (TPSA) is 49.8 Å². The van der Waals surface area contributed by atoms with Crippen molar-refractivity contribution >= 4 is 11.8 Å². The average molecular weight is 297 g/mol. The molecule has 0 aliphatic carbocycles. The van der Waals surface area contributed by atoms with E-state index < -0.39 is 12.5 Å². The Morgan fingerprint density at radius 3 is 1.95 bits per heavy atom. The van der Waals surface area contributed by atoms with Gasteiger partial charge in [-0.1, -0.05) is 42.5 Å². The van der Waals surface area contributed by atoms with E-state index in [1.807, 2.05) is 30.3 Å². The van der Waals surface area contributed by atoms with Crippen LogP contribution < -0.4 is 5.06 Å². The van der Waals surface area contributed by atoms with Gasteiger partial charge in [-0.05, 0) is 23.3 Å². The summed E-state index contributed by atoms with van der Waals surface area (Å²) >= 11 is 0. The minimum atomic E-state index is -5.09. The van der Waals surface area contributed by atoms with E-state index in [4.69, 9.17) is 5.11 Å². The minimum absolute atomic E-state index is 0.227. The fourth-order valence-electron chi connectivity index (χ4n) is 1.73. The minimum Gasteiger partial charge on any atom is -0.463 e. The number of alkyl halides is 3. The van der Waals surface area contributed by atoms with Crippen LogP contribution in [0.25, 0.3) is 11.1 Å². The lowest BCUT2D eigenvalue weighted by Gasteiger charge is -2.19. The number of carbonyl (C=O) groups is 1. The van der Waals surface area contributed by atoms with Crippen molar-refractivity contribution in [1.29, 1.82) is 0 Å². The summed E-state index contributed by atoms with van der Waals surface area (Å²) in [6.45, 7) is 0. The van der Waals surface area contributed by atoms with Gasteiger partial charge in [0, 0.05) is 0 Å². The molecule has 110 valence electrons. The Kier molecular flexibility index (Phi) is 4.13. The Bertz CT molecular complexity index is 612. The Labute approximate surface area is 117 Å². The molecule has 4 nitrogen and oxygen atoms in total. The van der Waals surface area contributed by atoms with Gasteiger partial charge in [0.25, 0.3) is 0 Å². The molecule has 0 bridgehead atoms. The van der Waals surface area contributed by atoms with E-state index in [1.165, 1.54) is 24.3 Å². The number of hydrogen-bond donors (Lipinski definition) is 1.